The van der Waals surface area contributed by atoms with Crippen LogP contribution >= 0.6 is 11.6 Å². The first-order chi connectivity index (χ1) is 14.4. The molecule has 1 atom stereocenters. The average Bonchev–Trinajstić information content (AvgIpc) is 2.77. The van der Waals surface area contributed by atoms with Crippen molar-refractivity contribution in [3.63, 3.8) is 0 Å². The van der Waals surface area contributed by atoms with E-state index >= 15 is 0 Å². The van der Waals surface area contributed by atoms with Crippen molar-refractivity contribution in [2.45, 2.75) is 6.04 Å². The molecule has 0 aliphatic heterocycles. The quantitative estimate of drug-likeness (QED) is 0.593. The summed E-state index contributed by atoms with van der Waals surface area (Å²) in [6.07, 6.45) is 1.22. The number of carbonyl (C=O) groups excluding carboxylic acids is 1. The molecule has 0 aliphatic carbocycles. The van der Waals surface area contributed by atoms with Gasteiger partial charge in [-0.3, -0.25) is 4.79 Å². The molecule has 2 aromatic carbocycles. The van der Waals surface area contributed by atoms with E-state index in [0.717, 1.165) is 0 Å². The van der Waals surface area contributed by atoms with Crippen LogP contribution in [0.1, 0.15) is 38.0 Å². The van der Waals surface area contributed by atoms with E-state index in [1.807, 2.05) is 12.1 Å². The lowest BCUT2D eigenvalue weighted by Gasteiger charge is -2.23. The molecule has 0 aliphatic rings. The fraction of sp³-hybridized carbons (Fsp3) is 0.136. The molecular formula is C22H19ClN2O5. The van der Waals surface area contributed by atoms with Gasteiger partial charge in [-0.1, -0.05) is 29.8 Å². The Morgan fingerprint density at radius 2 is 1.80 bits per heavy atom. The van der Waals surface area contributed by atoms with Gasteiger partial charge in [-0.25, -0.2) is 9.78 Å². The van der Waals surface area contributed by atoms with Gasteiger partial charge in [0.05, 0.1) is 25.8 Å². The fourth-order valence-electron chi connectivity index (χ4n) is 2.96. The van der Waals surface area contributed by atoms with Crippen LogP contribution in [0.15, 0.2) is 60.8 Å². The van der Waals surface area contributed by atoms with Gasteiger partial charge in [0.2, 0.25) is 0 Å². The van der Waals surface area contributed by atoms with Gasteiger partial charge in [0.15, 0.2) is 0 Å². The Hall–Kier alpha value is -3.58. The summed E-state index contributed by atoms with van der Waals surface area (Å²) in [6, 6.07) is 14.5. The third kappa shape index (κ3) is 4.52. The first-order valence-corrected chi connectivity index (χ1v) is 9.29. The highest BCUT2D eigenvalue weighted by atomic mass is 35.5. The number of rotatable bonds is 7. The number of ether oxygens (including phenoxy) is 2. The Morgan fingerprint density at radius 3 is 2.40 bits per heavy atom. The Bertz CT molecular complexity index is 1070. The summed E-state index contributed by atoms with van der Waals surface area (Å²) < 4.78 is 10.8. The molecule has 0 bridgehead atoms. The topological polar surface area (TPSA) is 97.8 Å². The molecule has 154 valence electrons. The molecule has 3 aromatic rings. The molecule has 1 aromatic heterocycles. The summed E-state index contributed by atoms with van der Waals surface area (Å²) in [5.41, 5.74) is 1.41. The highest BCUT2D eigenvalue weighted by Crippen LogP contribution is 2.35. The van der Waals surface area contributed by atoms with Crippen LogP contribution in [0.25, 0.3) is 0 Å². The highest BCUT2D eigenvalue weighted by Gasteiger charge is 2.24. The van der Waals surface area contributed by atoms with Gasteiger partial charge < -0.3 is 19.9 Å². The second kappa shape index (κ2) is 9.28. The zero-order valence-electron chi connectivity index (χ0n) is 16.3. The lowest BCUT2D eigenvalue weighted by atomic mass is 9.97. The van der Waals surface area contributed by atoms with Gasteiger partial charge in [0.25, 0.3) is 5.91 Å². The van der Waals surface area contributed by atoms with Crippen LogP contribution in [-0.2, 0) is 0 Å². The molecule has 1 heterocycles. The third-order valence-corrected chi connectivity index (χ3v) is 4.83. The van der Waals surface area contributed by atoms with E-state index in [9.17, 15) is 9.59 Å². The number of nitrogens with zero attached hydrogens (tertiary/aromatic N) is 1. The zero-order valence-corrected chi connectivity index (χ0v) is 17.0. The number of hydrogen-bond acceptors (Lipinski definition) is 5. The standard InChI is InChI=1S/C22H19ClN2O5/c1-29-14-8-9-16(19(11-14)30-2)20(15-5-3-4-6-17(15)23)25-21(26)13-7-10-18(22(27)28)24-12-13/h3-12,20H,1-2H3,(H,25,26)(H,27,28). The van der Waals surface area contributed by atoms with Crippen molar-refractivity contribution in [3.05, 3.63) is 88.2 Å². The van der Waals surface area contributed by atoms with Crippen molar-refractivity contribution in [2.75, 3.05) is 14.2 Å². The number of methoxy groups -OCH3 is 2. The van der Waals surface area contributed by atoms with E-state index in [1.54, 1.807) is 37.4 Å². The molecular weight excluding hydrogens is 408 g/mol. The molecule has 1 amide bonds. The van der Waals surface area contributed by atoms with E-state index in [1.165, 1.54) is 25.4 Å². The SMILES string of the molecule is COc1ccc(C(NC(=O)c2ccc(C(=O)O)nc2)c2ccccc2Cl)c(OC)c1. The van der Waals surface area contributed by atoms with Crippen molar-refractivity contribution >= 4 is 23.5 Å². The maximum absolute atomic E-state index is 12.9. The number of carboxylic acid groups (broad SMARTS) is 1. The molecule has 0 saturated heterocycles. The Labute approximate surface area is 178 Å². The summed E-state index contributed by atoms with van der Waals surface area (Å²) in [7, 11) is 3.08. The number of amides is 1. The first-order valence-electron chi connectivity index (χ1n) is 8.91. The molecule has 0 spiro atoms. The highest BCUT2D eigenvalue weighted by molar-refractivity contribution is 6.31. The Balaban J connectivity index is 2.02. The predicted octanol–water partition coefficient (Wildman–Crippen LogP) is 3.97. The van der Waals surface area contributed by atoms with Crippen LogP contribution < -0.4 is 14.8 Å². The van der Waals surface area contributed by atoms with Crippen molar-refractivity contribution in [2.24, 2.45) is 0 Å². The summed E-state index contributed by atoms with van der Waals surface area (Å²) in [6.45, 7) is 0. The predicted molar refractivity (Wildman–Crippen MR) is 112 cm³/mol. The van der Waals surface area contributed by atoms with E-state index in [2.05, 4.69) is 10.3 Å². The second-order valence-electron chi connectivity index (χ2n) is 6.27. The number of hydrogen-bond donors (Lipinski definition) is 2. The number of aromatic carboxylic acids is 1. The smallest absolute Gasteiger partial charge is 0.354 e. The normalized spacial score (nSPS) is 11.4. The molecule has 0 radical (unpaired) electrons. The minimum Gasteiger partial charge on any atom is -0.497 e. The summed E-state index contributed by atoms with van der Waals surface area (Å²) in [5, 5.41) is 12.4. The number of nitrogens with one attached hydrogen (secondary N) is 1. The average molecular weight is 427 g/mol. The van der Waals surface area contributed by atoms with Crippen LogP contribution in [0.4, 0.5) is 0 Å². The minimum absolute atomic E-state index is 0.147. The molecule has 1 unspecified atom stereocenters. The first kappa shape index (κ1) is 21.1. The van der Waals surface area contributed by atoms with Gasteiger partial charge in [0.1, 0.15) is 17.2 Å². The molecule has 30 heavy (non-hydrogen) atoms. The number of carbonyl (C=O) groups is 2. The van der Waals surface area contributed by atoms with Gasteiger partial charge in [-0.2, -0.15) is 0 Å². The number of carboxylic acids is 1. The van der Waals surface area contributed by atoms with E-state index in [0.29, 0.717) is 27.6 Å². The third-order valence-electron chi connectivity index (χ3n) is 4.49. The molecule has 2 N–H and O–H groups in total. The van der Waals surface area contributed by atoms with Gasteiger partial charge in [-0.05, 0) is 35.9 Å². The maximum Gasteiger partial charge on any atom is 0.354 e. The van der Waals surface area contributed by atoms with Crippen LogP contribution in [-0.4, -0.2) is 36.2 Å². The lowest BCUT2D eigenvalue weighted by Crippen LogP contribution is -2.30. The molecule has 0 fully saturated rings. The van der Waals surface area contributed by atoms with Gasteiger partial charge in [-0.15, -0.1) is 0 Å². The van der Waals surface area contributed by atoms with E-state index in [4.69, 9.17) is 26.2 Å². The number of aromatic nitrogens is 1. The largest absolute Gasteiger partial charge is 0.497 e. The zero-order chi connectivity index (χ0) is 21.7. The Morgan fingerprint density at radius 1 is 1.03 bits per heavy atom. The van der Waals surface area contributed by atoms with Crippen molar-refractivity contribution in [3.8, 4) is 11.5 Å². The maximum atomic E-state index is 12.9. The van der Waals surface area contributed by atoms with Crippen LogP contribution in [0.3, 0.4) is 0 Å². The summed E-state index contributed by atoms with van der Waals surface area (Å²) >= 11 is 6.41. The second-order valence-corrected chi connectivity index (χ2v) is 6.68. The molecule has 7 nitrogen and oxygen atoms in total. The number of benzene rings is 2. The molecule has 8 heteroatoms. The van der Waals surface area contributed by atoms with Crippen LogP contribution in [0.2, 0.25) is 5.02 Å². The minimum atomic E-state index is -1.17. The van der Waals surface area contributed by atoms with Crippen LogP contribution in [0, 0.1) is 0 Å². The monoisotopic (exact) mass is 426 g/mol. The molecule has 3 rings (SSSR count). The number of halogens is 1. The van der Waals surface area contributed by atoms with E-state index in [-0.39, 0.29) is 11.3 Å². The molecule has 0 saturated carbocycles. The van der Waals surface area contributed by atoms with Gasteiger partial charge >= 0.3 is 5.97 Å². The van der Waals surface area contributed by atoms with Crippen LogP contribution in [0.5, 0.6) is 11.5 Å². The van der Waals surface area contributed by atoms with Crippen molar-refractivity contribution < 1.29 is 24.2 Å². The summed E-state index contributed by atoms with van der Waals surface area (Å²) in [4.78, 5) is 27.7. The number of pyridine rings is 1. The van der Waals surface area contributed by atoms with Crippen molar-refractivity contribution in [1.82, 2.24) is 10.3 Å². The Kier molecular flexibility index (Phi) is 6.54. The van der Waals surface area contributed by atoms with Crippen molar-refractivity contribution in [1.29, 1.82) is 0 Å². The van der Waals surface area contributed by atoms with E-state index < -0.39 is 17.9 Å². The summed E-state index contributed by atoms with van der Waals surface area (Å²) in [5.74, 6) is -0.492. The lowest BCUT2D eigenvalue weighted by molar-refractivity contribution is 0.0689. The van der Waals surface area contributed by atoms with Gasteiger partial charge in [0, 0.05) is 22.8 Å². The fourth-order valence-corrected chi connectivity index (χ4v) is 3.20.